The van der Waals surface area contributed by atoms with Crippen LogP contribution in [0, 0.1) is 0 Å². The number of aryl methyl sites for hydroxylation is 1. The second-order valence-electron chi connectivity index (χ2n) is 4.50. The van der Waals surface area contributed by atoms with Crippen molar-refractivity contribution in [3.05, 3.63) is 35.0 Å². The number of aromatic nitrogens is 1. The lowest BCUT2D eigenvalue weighted by Gasteiger charge is -2.09. The maximum absolute atomic E-state index is 11.4. The Morgan fingerprint density at radius 3 is 2.58 bits per heavy atom. The summed E-state index contributed by atoms with van der Waals surface area (Å²) >= 11 is 0. The van der Waals surface area contributed by atoms with E-state index >= 15 is 0 Å². The largest absolute Gasteiger partial charge is 0.298 e. The molecular formula is C15H18N2O2. The van der Waals surface area contributed by atoms with Crippen LogP contribution in [0.2, 0.25) is 0 Å². The third-order valence-corrected chi connectivity index (χ3v) is 3.32. The van der Waals surface area contributed by atoms with Crippen molar-refractivity contribution in [3.63, 3.8) is 0 Å². The molecule has 0 radical (unpaired) electrons. The van der Waals surface area contributed by atoms with Gasteiger partial charge in [0.25, 0.3) is 0 Å². The summed E-state index contributed by atoms with van der Waals surface area (Å²) in [7, 11) is 0. The highest BCUT2D eigenvalue weighted by Gasteiger charge is 2.18. The molecule has 0 saturated heterocycles. The van der Waals surface area contributed by atoms with E-state index in [0.29, 0.717) is 12.0 Å². The summed E-state index contributed by atoms with van der Waals surface area (Å²) in [6.45, 7) is 5.51. The molecule has 0 spiro atoms. The van der Waals surface area contributed by atoms with Gasteiger partial charge >= 0.3 is 0 Å². The van der Waals surface area contributed by atoms with Gasteiger partial charge in [-0.15, -0.1) is 0 Å². The standard InChI is InChI=1S/C15H18N2O2/c1-4-11-7-6-8-14-15(11)12(9-18)13(5-2)17(14)16-10(3)19/h6-9H,4-5H2,1-3H3,(H,16,19). The second-order valence-corrected chi connectivity index (χ2v) is 4.50. The molecule has 1 aromatic carbocycles. The maximum atomic E-state index is 11.4. The predicted octanol–water partition coefficient (Wildman–Crippen LogP) is 2.67. The zero-order chi connectivity index (χ0) is 14.0. The Hall–Kier alpha value is -2.10. The van der Waals surface area contributed by atoms with Gasteiger partial charge in [0.15, 0.2) is 6.29 Å². The molecule has 1 amide bonds. The zero-order valence-electron chi connectivity index (χ0n) is 11.5. The molecule has 0 bridgehead atoms. The molecule has 2 aromatic rings. The Morgan fingerprint density at radius 2 is 2.05 bits per heavy atom. The Bertz CT molecular complexity index is 641. The minimum Gasteiger partial charge on any atom is -0.298 e. The zero-order valence-corrected chi connectivity index (χ0v) is 11.5. The van der Waals surface area contributed by atoms with Crippen LogP contribution in [0.1, 0.15) is 42.4 Å². The van der Waals surface area contributed by atoms with Crippen molar-refractivity contribution in [3.8, 4) is 0 Å². The number of nitrogens with zero attached hydrogens (tertiary/aromatic N) is 1. The fourth-order valence-electron chi connectivity index (χ4n) is 2.55. The van der Waals surface area contributed by atoms with E-state index in [1.165, 1.54) is 6.92 Å². The molecule has 0 atom stereocenters. The van der Waals surface area contributed by atoms with Gasteiger partial charge in [-0.1, -0.05) is 26.0 Å². The van der Waals surface area contributed by atoms with Crippen LogP contribution >= 0.6 is 0 Å². The summed E-state index contributed by atoms with van der Waals surface area (Å²) in [4.78, 5) is 22.8. The lowest BCUT2D eigenvalue weighted by Crippen LogP contribution is -2.21. The van der Waals surface area contributed by atoms with E-state index in [4.69, 9.17) is 0 Å². The summed E-state index contributed by atoms with van der Waals surface area (Å²) in [5, 5.41) is 0.950. The normalized spacial score (nSPS) is 10.7. The summed E-state index contributed by atoms with van der Waals surface area (Å²) in [6, 6.07) is 5.90. The second kappa shape index (κ2) is 5.26. The van der Waals surface area contributed by atoms with Crippen LogP contribution in [0.5, 0.6) is 0 Å². The van der Waals surface area contributed by atoms with E-state index < -0.39 is 0 Å². The SMILES string of the molecule is CCc1cccc2c1c(C=O)c(CC)n2NC(C)=O. The molecule has 0 saturated carbocycles. The van der Waals surface area contributed by atoms with Gasteiger partial charge in [-0.25, -0.2) is 0 Å². The topological polar surface area (TPSA) is 51.1 Å². The minimum absolute atomic E-state index is 0.147. The van der Waals surface area contributed by atoms with E-state index in [0.717, 1.165) is 34.9 Å². The number of nitrogens with one attached hydrogen (secondary N) is 1. The van der Waals surface area contributed by atoms with Gasteiger partial charge < -0.3 is 0 Å². The van der Waals surface area contributed by atoms with Crippen LogP contribution in [-0.4, -0.2) is 16.9 Å². The number of hydrogen-bond acceptors (Lipinski definition) is 2. The molecule has 1 N–H and O–H groups in total. The third-order valence-electron chi connectivity index (χ3n) is 3.32. The van der Waals surface area contributed by atoms with Crippen LogP contribution < -0.4 is 5.43 Å². The van der Waals surface area contributed by atoms with Crippen molar-refractivity contribution in [1.29, 1.82) is 0 Å². The van der Waals surface area contributed by atoms with E-state index in [1.54, 1.807) is 4.68 Å². The quantitative estimate of drug-likeness (QED) is 0.857. The first-order chi connectivity index (χ1) is 9.13. The lowest BCUT2D eigenvalue weighted by atomic mass is 10.0. The molecule has 4 nitrogen and oxygen atoms in total. The highest BCUT2D eigenvalue weighted by Crippen LogP contribution is 2.28. The van der Waals surface area contributed by atoms with Gasteiger partial charge in [-0.05, 0) is 24.5 Å². The summed E-state index contributed by atoms with van der Waals surface area (Å²) in [5.74, 6) is -0.147. The first-order valence-corrected chi connectivity index (χ1v) is 6.51. The van der Waals surface area contributed by atoms with Gasteiger partial charge in [-0.2, -0.15) is 0 Å². The first kappa shape index (κ1) is 13.3. The lowest BCUT2D eigenvalue weighted by molar-refractivity contribution is -0.115. The number of carbonyl (C=O) groups excluding carboxylic acids is 2. The van der Waals surface area contributed by atoms with E-state index in [9.17, 15) is 9.59 Å². The number of aldehydes is 1. The van der Waals surface area contributed by atoms with Crippen LogP contribution in [0.3, 0.4) is 0 Å². The van der Waals surface area contributed by atoms with Gasteiger partial charge in [-0.3, -0.25) is 19.7 Å². The van der Waals surface area contributed by atoms with Crippen molar-refractivity contribution < 1.29 is 9.59 Å². The van der Waals surface area contributed by atoms with Crippen LogP contribution in [0.25, 0.3) is 10.9 Å². The smallest absolute Gasteiger partial charge is 0.235 e. The summed E-state index contributed by atoms with van der Waals surface area (Å²) in [5.41, 5.74) is 6.33. The fraction of sp³-hybridized carbons (Fsp3) is 0.333. The summed E-state index contributed by atoms with van der Waals surface area (Å²) in [6.07, 6.45) is 2.43. The molecule has 0 unspecified atom stereocenters. The number of rotatable bonds is 4. The highest BCUT2D eigenvalue weighted by molar-refractivity contribution is 6.02. The molecule has 1 aromatic heterocycles. The van der Waals surface area contributed by atoms with Gasteiger partial charge in [0.05, 0.1) is 11.2 Å². The monoisotopic (exact) mass is 258 g/mol. The van der Waals surface area contributed by atoms with Crippen molar-refractivity contribution in [1.82, 2.24) is 4.68 Å². The van der Waals surface area contributed by atoms with Crippen molar-refractivity contribution in [2.45, 2.75) is 33.6 Å². The maximum Gasteiger partial charge on any atom is 0.235 e. The number of fused-ring (bicyclic) bond motifs is 1. The molecule has 0 aliphatic rings. The van der Waals surface area contributed by atoms with Crippen LogP contribution in [0.4, 0.5) is 0 Å². The van der Waals surface area contributed by atoms with Gasteiger partial charge in [0.2, 0.25) is 5.91 Å². The molecule has 1 heterocycles. The molecule has 0 fully saturated rings. The highest BCUT2D eigenvalue weighted by atomic mass is 16.2. The number of benzene rings is 1. The van der Waals surface area contributed by atoms with Crippen LogP contribution in [-0.2, 0) is 17.6 Å². The van der Waals surface area contributed by atoms with Crippen LogP contribution in [0.15, 0.2) is 18.2 Å². The summed E-state index contributed by atoms with van der Waals surface area (Å²) < 4.78 is 1.74. The van der Waals surface area contributed by atoms with Crippen molar-refractivity contribution in [2.75, 3.05) is 5.43 Å². The minimum atomic E-state index is -0.147. The number of amides is 1. The average Bonchev–Trinajstić information content (AvgIpc) is 2.71. The Balaban J connectivity index is 2.86. The molecule has 19 heavy (non-hydrogen) atoms. The molecular weight excluding hydrogens is 240 g/mol. The van der Waals surface area contributed by atoms with E-state index in [-0.39, 0.29) is 5.91 Å². The fourth-order valence-corrected chi connectivity index (χ4v) is 2.55. The Morgan fingerprint density at radius 1 is 1.32 bits per heavy atom. The Labute approximate surface area is 112 Å². The van der Waals surface area contributed by atoms with Gasteiger partial charge in [0, 0.05) is 17.9 Å². The molecule has 100 valence electrons. The van der Waals surface area contributed by atoms with E-state index in [1.807, 2.05) is 25.1 Å². The van der Waals surface area contributed by atoms with Crippen molar-refractivity contribution in [2.24, 2.45) is 0 Å². The van der Waals surface area contributed by atoms with E-state index in [2.05, 4.69) is 12.3 Å². The van der Waals surface area contributed by atoms with Gasteiger partial charge in [0.1, 0.15) is 0 Å². The predicted molar refractivity (Wildman–Crippen MR) is 76.1 cm³/mol. The third kappa shape index (κ3) is 2.14. The molecule has 0 aliphatic heterocycles. The molecule has 2 rings (SSSR count). The average molecular weight is 258 g/mol. The first-order valence-electron chi connectivity index (χ1n) is 6.51. The Kier molecular flexibility index (Phi) is 3.69. The number of carbonyl (C=O) groups is 2. The molecule has 0 aliphatic carbocycles. The molecule has 4 heteroatoms. The van der Waals surface area contributed by atoms with Crippen molar-refractivity contribution >= 4 is 23.1 Å². The number of hydrogen-bond donors (Lipinski definition) is 1.